The van der Waals surface area contributed by atoms with Crippen LogP contribution in [0.15, 0.2) is 90.0 Å². The van der Waals surface area contributed by atoms with Crippen LogP contribution in [0.2, 0.25) is 0 Å². The Balaban J connectivity index is 1.51. The maximum absolute atomic E-state index is 6.13. The number of fused-ring (bicyclic) bond motifs is 1. The monoisotopic (exact) mass is 384 g/mol. The lowest BCUT2D eigenvalue weighted by molar-refractivity contribution is 0.536. The second-order valence-electron chi connectivity index (χ2n) is 8.82. The minimum absolute atomic E-state index is 0.00934. The van der Waals surface area contributed by atoms with Crippen LogP contribution in [-0.2, 0) is 10.8 Å². The number of rotatable bonds is 7. The van der Waals surface area contributed by atoms with E-state index in [0.717, 1.165) is 24.2 Å². The highest BCUT2D eigenvalue weighted by Gasteiger charge is 2.33. The van der Waals surface area contributed by atoms with Crippen LogP contribution < -0.4 is 5.73 Å². The van der Waals surface area contributed by atoms with Gasteiger partial charge in [-0.3, -0.25) is 4.99 Å². The quantitative estimate of drug-likeness (QED) is 0.403. The van der Waals surface area contributed by atoms with Gasteiger partial charge >= 0.3 is 0 Å². The summed E-state index contributed by atoms with van der Waals surface area (Å²) in [6.45, 7) is 8.97. The van der Waals surface area contributed by atoms with E-state index in [2.05, 4.69) is 101 Å². The summed E-state index contributed by atoms with van der Waals surface area (Å²) in [5.74, 6) is 0. The van der Waals surface area contributed by atoms with E-state index in [9.17, 15) is 0 Å². The van der Waals surface area contributed by atoms with Gasteiger partial charge in [0.15, 0.2) is 0 Å². The molecule has 1 aliphatic rings. The van der Waals surface area contributed by atoms with Crippen molar-refractivity contribution in [3.8, 4) is 0 Å². The van der Waals surface area contributed by atoms with E-state index in [1.165, 1.54) is 16.8 Å². The fraction of sp³-hybridized carbons (Fsp3) is 0.296. The summed E-state index contributed by atoms with van der Waals surface area (Å²) in [5.41, 5.74) is 11.9. The standard InChI is InChI=1S/C27H32N2/c1-26(2,21-15-10-12-17-23(21)28)20-14-8-6-5-7-9-19-25-27(3,4)22-16-11-13-18-24(22)29-25/h5-18H,19-20,28H2,1-4H3/b6-5+,9-7+,14-8?. The van der Waals surface area contributed by atoms with Crippen molar-refractivity contribution in [1.82, 2.24) is 0 Å². The van der Waals surface area contributed by atoms with Gasteiger partial charge in [0.2, 0.25) is 0 Å². The molecule has 0 radical (unpaired) electrons. The number of benzene rings is 2. The molecule has 150 valence electrons. The maximum Gasteiger partial charge on any atom is 0.0670 e. The van der Waals surface area contributed by atoms with E-state index < -0.39 is 0 Å². The predicted molar refractivity (Wildman–Crippen MR) is 127 cm³/mol. The van der Waals surface area contributed by atoms with Crippen molar-refractivity contribution in [2.45, 2.75) is 51.4 Å². The van der Waals surface area contributed by atoms with Crippen molar-refractivity contribution in [3.63, 3.8) is 0 Å². The first kappa shape index (κ1) is 20.9. The fourth-order valence-corrected chi connectivity index (χ4v) is 3.89. The second kappa shape index (κ2) is 8.65. The van der Waals surface area contributed by atoms with Gasteiger partial charge in [0.05, 0.1) is 5.69 Å². The average molecular weight is 385 g/mol. The predicted octanol–water partition coefficient (Wildman–Crippen LogP) is 7.06. The number of allylic oxidation sites excluding steroid dienone is 6. The summed E-state index contributed by atoms with van der Waals surface area (Å²) in [6, 6.07) is 16.6. The molecule has 0 unspecified atom stereocenters. The summed E-state index contributed by atoms with van der Waals surface area (Å²) in [7, 11) is 0. The SMILES string of the molecule is CC(C)(CC=C/C=C/C=C/CC1=Nc2ccccc2C1(C)C)c1ccccc1N. The van der Waals surface area contributed by atoms with Crippen molar-refractivity contribution < 1.29 is 0 Å². The van der Waals surface area contributed by atoms with Gasteiger partial charge < -0.3 is 5.73 Å². The van der Waals surface area contributed by atoms with Crippen LogP contribution in [0, 0.1) is 0 Å². The zero-order valence-corrected chi connectivity index (χ0v) is 18.0. The largest absolute Gasteiger partial charge is 0.398 e. The molecule has 3 rings (SSSR count). The van der Waals surface area contributed by atoms with Gasteiger partial charge in [0.1, 0.15) is 0 Å². The Morgan fingerprint density at radius 3 is 2.28 bits per heavy atom. The van der Waals surface area contributed by atoms with Crippen LogP contribution >= 0.6 is 0 Å². The van der Waals surface area contributed by atoms with Crippen LogP contribution in [0.5, 0.6) is 0 Å². The molecule has 1 aliphatic heterocycles. The van der Waals surface area contributed by atoms with E-state index in [1.54, 1.807) is 0 Å². The minimum Gasteiger partial charge on any atom is -0.398 e. The number of hydrogen-bond acceptors (Lipinski definition) is 2. The third-order valence-corrected chi connectivity index (χ3v) is 5.79. The Hall–Kier alpha value is -2.87. The highest BCUT2D eigenvalue weighted by atomic mass is 14.8. The van der Waals surface area contributed by atoms with Crippen molar-refractivity contribution in [2.75, 3.05) is 5.73 Å². The lowest BCUT2D eigenvalue weighted by Crippen LogP contribution is -2.24. The van der Waals surface area contributed by atoms with E-state index in [1.807, 2.05) is 12.1 Å². The maximum atomic E-state index is 6.13. The number of para-hydroxylation sites is 2. The molecule has 0 fully saturated rings. The van der Waals surface area contributed by atoms with Gasteiger partial charge in [-0.25, -0.2) is 0 Å². The van der Waals surface area contributed by atoms with Crippen molar-refractivity contribution in [1.29, 1.82) is 0 Å². The van der Waals surface area contributed by atoms with Gasteiger partial charge in [-0.1, -0.05) is 101 Å². The van der Waals surface area contributed by atoms with Gasteiger partial charge in [-0.2, -0.15) is 0 Å². The van der Waals surface area contributed by atoms with Crippen molar-refractivity contribution >= 4 is 17.1 Å². The smallest absolute Gasteiger partial charge is 0.0670 e. The molecule has 2 nitrogen and oxygen atoms in total. The molecule has 1 heterocycles. The summed E-state index contributed by atoms with van der Waals surface area (Å²) in [6.07, 6.45) is 14.6. The van der Waals surface area contributed by atoms with Crippen molar-refractivity contribution in [3.05, 3.63) is 96.1 Å². The van der Waals surface area contributed by atoms with E-state index in [0.29, 0.717) is 0 Å². The summed E-state index contributed by atoms with van der Waals surface area (Å²) >= 11 is 0. The molecule has 0 saturated carbocycles. The molecule has 2 N–H and O–H groups in total. The van der Waals surface area contributed by atoms with Crippen LogP contribution in [-0.4, -0.2) is 5.71 Å². The van der Waals surface area contributed by atoms with E-state index in [-0.39, 0.29) is 10.8 Å². The lowest BCUT2D eigenvalue weighted by atomic mass is 9.80. The summed E-state index contributed by atoms with van der Waals surface area (Å²) < 4.78 is 0. The average Bonchev–Trinajstić information content (AvgIpc) is 2.94. The first-order chi connectivity index (χ1) is 13.8. The third kappa shape index (κ3) is 4.76. The highest BCUT2D eigenvalue weighted by Crippen LogP contribution is 2.40. The van der Waals surface area contributed by atoms with E-state index in [4.69, 9.17) is 10.7 Å². The third-order valence-electron chi connectivity index (χ3n) is 5.79. The van der Waals surface area contributed by atoms with Crippen LogP contribution in [0.25, 0.3) is 0 Å². The highest BCUT2D eigenvalue weighted by molar-refractivity contribution is 6.01. The Bertz CT molecular complexity index is 972. The normalized spacial score (nSPS) is 16.1. The number of aliphatic imine (C=N–C) groups is 1. The zero-order valence-electron chi connectivity index (χ0n) is 18.0. The molecule has 0 spiro atoms. The molecule has 0 amide bonds. The molecule has 0 atom stereocenters. The fourth-order valence-electron chi connectivity index (χ4n) is 3.89. The van der Waals surface area contributed by atoms with Gasteiger partial charge in [0.25, 0.3) is 0 Å². The Labute approximate surface area is 175 Å². The first-order valence-corrected chi connectivity index (χ1v) is 10.3. The molecule has 0 aliphatic carbocycles. The summed E-state index contributed by atoms with van der Waals surface area (Å²) in [5, 5.41) is 0. The molecular weight excluding hydrogens is 352 g/mol. The van der Waals surface area contributed by atoms with Crippen LogP contribution in [0.4, 0.5) is 11.4 Å². The topological polar surface area (TPSA) is 38.4 Å². The lowest BCUT2D eigenvalue weighted by Gasteiger charge is -2.25. The minimum atomic E-state index is 0.00934. The molecule has 2 aromatic rings. The number of nitrogens with zero attached hydrogens (tertiary/aromatic N) is 1. The molecule has 0 aromatic heterocycles. The number of nitrogen functional groups attached to an aromatic ring is 1. The van der Waals surface area contributed by atoms with Crippen LogP contribution in [0.1, 0.15) is 51.7 Å². The van der Waals surface area contributed by atoms with Gasteiger partial charge in [-0.05, 0) is 35.1 Å². The first-order valence-electron chi connectivity index (χ1n) is 10.3. The molecule has 2 heteroatoms. The Kier molecular flexibility index (Phi) is 6.22. The Morgan fingerprint density at radius 1 is 0.897 bits per heavy atom. The van der Waals surface area contributed by atoms with Gasteiger partial charge in [0, 0.05) is 23.2 Å². The number of hydrogen-bond donors (Lipinski definition) is 1. The van der Waals surface area contributed by atoms with Crippen molar-refractivity contribution in [2.24, 2.45) is 4.99 Å². The number of anilines is 1. The summed E-state index contributed by atoms with van der Waals surface area (Å²) in [4.78, 5) is 4.83. The second-order valence-corrected chi connectivity index (χ2v) is 8.82. The van der Waals surface area contributed by atoms with Gasteiger partial charge in [-0.15, -0.1) is 0 Å². The molecule has 2 aromatic carbocycles. The number of nitrogens with two attached hydrogens (primary N) is 1. The molecule has 29 heavy (non-hydrogen) atoms. The zero-order chi connectivity index (χ0) is 20.9. The molecular formula is C27H32N2. The molecule has 0 saturated heterocycles. The Morgan fingerprint density at radius 2 is 1.55 bits per heavy atom. The van der Waals surface area contributed by atoms with Crippen LogP contribution in [0.3, 0.4) is 0 Å². The van der Waals surface area contributed by atoms with E-state index >= 15 is 0 Å². The molecule has 0 bridgehead atoms.